The first-order valence-electron chi connectivity index (χ1n) is 6.36. The van der Waals surface area contributed by atoms with E-state index in [1.54, 1.807) is 0 Å². The van der Waals surface area contributed by atoms with E-state index in [0.717, 1.165) is 16.6 Å². The predicted molar refractivity (Wildman–Crippen MR) is 83.6 cm³/mol. The molecule has 0 spiro atoms. The summed E-state index contributed by atoms with van der Waals surface area (Å²) in [7, 11) is 1.99. The first-order valence-corrected chi connectivity index (χ1v) is 7.93. The molecule has 2 rings (SSSR count). The van der Waals surface area contributed by atoms with E-state index < -0.39 is 0 Å². The molecule has 19 heavy (non-hydrogen) atoms. The summed E-state index contributed by atoms with van der Waals surface area (Å²) in [5.41, 5.74) is 2.40. The van der Waals surface area contributed by atoms with E-state index in [2.05, 4.69) is 62.9 Å². The van der Waals surface area contributed by atoms with Crippen molar-refractivity contribution >= 4 is 27.5 Å². The summed E-state index contributed by atoms with van der Waals surface area (Å²) in [6.45, 7) is 4.32. The van der Waals surface area contributed by atoms with Crippen LogP contribution < -0.4 is 5.32 Å². The summed E-state index contributed by atoms with van der Waals surface area (Å²) >= 11 is 5.11. The number of nitrogens with zero attached hydrogens (tertiary/aromatic N) is 2. The molecule has 1 aromatic heterocycles. The van der Waals surface area contributed by atoms with Crippen LogP contribution >= 0.6 is 27.5 Å². The maximum Gasteiger partial charge on any atom is 0.0829 e. The highest BCUT2D eigenvalue weighted by Gasteiger charge is 2.20. The SMILES string of the molecule is CNC(Cc1ccccc1Br)c1snnc1C(C)C. The molecule has 0 amide bonds. The lowest BCUT2D eigenvalue weighted by atomic mass is 10.0. The van der Waals surface area contributed by atoms with Gasteiger partial charge in [0.15, 0.2) is 0 Å². The zero-order valence-electron chi connectivity index (χ0n) is 11.4. The average Bonchev–Trinajstić information content (AvgIpc) is 2.87. The van der Waals surface area contributed by atoms with E-state index in [1.807, 2.05) is 13.1 Å². The molecule has 1 unspecified atom stereocenters. The molecule has 0 aliphatic rings. The summed E-state index contributed by atoms with van der Waals surface area (Å²) in [5, 5.41) is 7.65. The van der Waals surface area contributed by atoms with Crippen LogP contribution in [0.4, 0.5) is 0 Å². The molecular weight excluding hydrogens is 322 g/mol. The van der Waals surface area contributed by atoms with Gasteiger partial charge in [-0.1, -0.05) is 52.5 Å². The van der Waals surface area contributed by atoms with Crippen LogP contribution in [0, 0.1) is 0 Å². The van der Waals surface area contributed by atoms with Crippen LogP contribution in [0.15, 0.2) is 28.7 Å². The van der Waals surface area contributed by atoms with Crippen molar-refractivity contribution in [3.63, 3.8) is 0 Å². The molecule has 1 N–H and O–H groups in total. The summed E-state index contributed by atoms with van der Waals surface area (Å²) in [5.74, 6) is 0.406. The van der Waals surface area contributed by atoms with Crippen LogP contribution in [-0.4, -0.2) is 16.6 Å². The van der Waals surface area contributed by atoms with E-state index in [0.29, 0.717) is 5.92 Å². The summed E-state index contributed by atoms with van der Waals surface area (Å²) in [4.78, 5) is 1.24. The minimum absolute atomic E-state index is 0.260. The molecule has 102 valence electrons. The minimum Gasteiger partial charge on any atom is -0.312 e. The van der Waals surface area contributed by atoms with Crippen molar-refractivity contribution in [2.24, 2.45) is 0 Å². The standard InChI is InChI=1S/C14H18BrN3S/c1-9(2)13-14(19-18-17-13)12(16-3)8-10-6-4-5-7-11(10)15/h4-7,9,12,16H,8H2,1-3H3. The van der Waals surface area contributed by atoms with Gasteiger partial charge in [-0.05, 0) is 42.5 Å². The van der Waals surface area contributed by atoms with Crippen LogP contribution in [-0.2, 0) is 6.42 Å². The van der Waals surface area contributed by atoms with E-state index in [1.165, 1.54) is 22.0 Å². The Balaban J connectivity index is 2.26. The second-order valence-electron chi connectivity index (χ2n) is 4.81. The van der Waals surface area contributed by atoms with Gasteiger partial charge in [-0.3, -0.25) is 0 Å². The highest BCUT2D eigenvalue weighted by atomic mass is 79.9. The van der Waals surface area contributed by atoms with Crippen LogP contribution in [0.5, 0.6) is 0 Å². The molecule has 0 radical (unpaired) electrons. The quantitative estimate of drug-likeness (QED) is 0.896. The van der Waals surface area contributed by atoms with Gasteiger partial charge in [0.1, 0.15) is 0 Å². The number of likely N-dealkylation sites (N-methyl/N-ethyl adjacent to an activating group) is 1. The smallest absolute Gasteiger partial charge is 0.0829 e. The van der Waals surface area contributed by atoms with Crippen molar-refractivity contribution in [2.75, 3.05) is 7.05 Å². The molecule has 5 heteroatoms. The van der Waals surface area contributed by atoms with Crippen molar-refractivity contribution in [2.45, 2.75) is 32.2 Å². The molecule has 1 aromatic carbocycles. The molecule has 0 saturated heterocycles. The van der Waals surface area contributed by atoms with Crippen LogP contribution in [0.1, 0.15) is 41.9 Å². The molecule has 0 aliphatic heterocycles. The first-order chi connectivity index (χ1) is 9.13. The monoisotopic (exact) mass is 339 g/mol. The van der Waals surface area contributed by atoms with Gasteiger partial charge in [-0.15, -0.1) is 5.10 Å². The third-order valence-corrected chi connectivity index (χ3v) is 4.76. The molecule has 3 nitrogen and oxygen atoms in total. The predicted octanol–water partition coefficient (Wildman–Crippen LogP) is 3.93. The second kappa shape index (κ2) is 6.59. The van der Waals surface area contributed by atoms with Crippen molar-refractivity contribution in [1.82, 2.24) is 14.9 Å². The maximum absolute atomic E-state index is 4.27. The van der Waals surface area contributed by atoms with Crippen molar-refractivity contribution < 1.29 is 0 Å². The van der Waals surface area contributed by atoms with Crippen molar-refractivity contribution in [1.29, 1.82) is 0 Å². The Labute approximate surface area is 126 Å². The Hall–Kier alpha value is -0.780. The number of benzene rings is 1. The highest BCUT2D eigenvalue weighted by Crippen LogP contribution is 2.30. The van der Waals surface area contributed by atoms with Gasteiger partial charge in [0.05, 0.1) is 10.6 Å². The second-order valence-corrected chi connectivity index (χ2v) is 6.45. The molecule has 0 saturated carbocycles. The Kier molecular flexibility index (Phi) is 5.07. The van der Waals surface area contributed by atoms with Gasteiger partial charge >= 0.3 is 0 Å². The minimum atomic E-state index is 0.260. The summed E-state index contributed by atoms with van der Waals surface area (Å²) < 4.78 is 5.27. The van der Waals surface area contributed by atoms with Crippen molar-refractivity contribution in [3.8, 4) is 0 Å². The lowest BCUT2D eigenvalue weighted by molar-refractivity contribution is 0.588. The normalized spacial score (nSPS) is 12.9. The Morgan fingerprint density at radius 2 is 2.05 bits per heavy atom. The highest BCUT2D eigenvalue weighted by molar-refractivity contribution is 9.10. The molecule has 2 aromatic rings. The molecular formula is C14H18BrN3S. The van der Waals surface area contributed by atoms with Gasteiger partial charge in [0.2, 0.25) is 0 Å². The Morgan fingerprint density at radius 3 is 2.68 bits per heavy atom. The van der Waals surface area contributed by atoms with E-state index in [-0.39, 0.29) is 6.04 Å². The summed E-state index contributed by atoms with van der Waals surface area (Å²) in [6.07, 6.45) is 0.932. The number of hydrogen-bond donors (Lipinski definition) is 1. The van der Waals surface area contributed by atoms with Crippen LogP contribution in [0.25, 0.3) is 0 Å². The molecule has 1 heterocycles. The lowest BCUT2D eigenvalue weighted by Gasteiger charge is -2.17. The van der Waals surface area contributed by atoms with Crippen LogP contribution in [0.3, 0.4) is 0 Å². The van der Waals surface area contributed by atoms with Gasteiger partial charge < -0.3 is 5.32 Å². The molecule has 1 atom stereocenters. The van der Waals surface area contributed by atoms with E-state index in [9.17, 15) is 0 Å². The fourth-order valence-corrected chi connectivity index (χ4v) is 3.42. The third-order valence-electron chi connectivity index (χ3n) is 3.13. The Bertz CT molecular complexity index is 539. The first kappa shape index (κ1) is 14.6. The molecule has 0 fully saturated rings. The fourth-order valence-electron chi connectivity index (χ4n) is 2.06. The number of hydrogen-bond acceptors (Lipinski definition) is 4. The van der Waals surface area contributed by atoms with Gasteiger partial charge in [-0.2, -0.15) is 0 Å². The van der Waals surface area contributed by atoms with Gasteiger partial charge in [0, 0.05) is 10.5 Å². The number of halogens is 1. The number of rotatable bonds is 5. The number of aromatic nitrogens is 2. The zero-order valence-corrected chi connectivity index (χ0v) is 13.8. The molecule has 0 bridgehead atoms. The van der Waals surface area contributed by atoms with Crippen LogP contribution in [0.2, 0.25) is 0 Å². The average molecular weight is 340 g/mol. The van der Waals surface area contributed by atoms with Gasteiger partial charge in [-0.25, -0.2) is 0 Å². The fraction of sp³-hybridized carbons (Fsp3) is 0.429. The van der Waals surface area contributed by atoms with E-state index >= 15 is 0 Å². The lowest BCUT2D eigenvalue weighted by Crippen LogP contribution is -2.19. The summed E-state index contributed by atoms with van der Waals surface area (Å²) in [6, 6.07) is 8.60. The number of nitrogens with one attached hydrogen (secondary N) is 1. The Morgan fingerprint density at radius 1 is 1.32 bits per heavy atom. The van der Waals surface area contributed by atoms with Gasteiger partial charge in [0.25, 0.3) is 0 Å². The zero-order chi connectivity index (χ0) is 13.8. The topological polar surface area (TPSA) is 37.8 Å². The maximum atomic E-state index is 4.27. The largest absolute Gasteiger partial charge is 0.312 e. The molecule has 0 aliphatic carbocycles. The third kappa shape index (κ3) is 3.41. The van der Waals surface area contributed by atoms with E-state index in [4.69, 9.17) is 0 Å². The van der Waals surface area contributed by atoms with Crippen molar-refractivity contribution in [3.05, 3.63) is 44.9 Å².